The van der Waals surface area contributed by atoms with Crippen molar-refractivity contribution in [2.75, 3.05) is 19.0 Å². The third-order valence-electron chi connectivity index (χ3n) is 3.54. The molecule has 0 saturated carbocycles. The van der Waals surface area contributed by atoms with Gasteiger partial charge in [0.2, 0.25) is 0 Å². The molecule has 4 nitrogen and oxygen atoms in total. The zero-order valence-corrected chi connectivity index (χ0v) is 16.4. The maximum absolute atomic E-state index is 12.7. The zero-order valence-electron chi connectivity index (χ0n) is 14.8. The van der Waals surface area contributed by atoms with Gasteiger partial charge in [-0.25, -0.2) is 0 Å². The maximum atomic E-state index is 12.7. The molecule has 0 aliphatic carbocycles. The van der Waals surface area contributed by atoms with Crippen molar-refractivity contribution in [2.45, 2.75) is 52.6 Å². The monoisotopic (exact) mass is 385 g/mol. The summed E-state index contributed by atoms with van der Waals surface area (Å²) in [6.45, 7) is 8.74. The van der Waals surface area contributed by atoms with Crippen molar-refractivity contribution < 1.29 is 14.3 Å². The SMILES string of the molecule is COc1cc(C(=O)N(C(C)C)C(C)C)ccc1OCCCCBr. The molecule has 5 heteroatoms. The Morgan fingerprint density at radius 2 is 1.78 bits per heavy atom. The number of amides is 1. The number of carbonyl (C=O) groups is 1. The highest BCUT2D eigenvalue weighted by Gasteiger charge is 2.22. The van der Waals surface area contributed by atoms with Crippen molar-refractivity contribution >= 4 is 21.8 Å². The summed E-state index contributed by atoms with van der Waals surface area (Å²) < 4.78 is 11.1. The van der Waals surface area contributed by atoms with Gasteiger partial charge in [-0.05, 0) is 58.7 Å². The highest BCUT2D eigenvalue weighted by atomic mass is 79.9. The van der Waals surface area contributed by atoms with E-state index in [-0.39, 0.29) is 18.0 Å². The van der Waals surface area contributed by atoms with E-state index in [4.69, 9.17) is 9.47 Å². The van der Waals surface area contributed by atoms with E-state index in [2.05, 4.69) is 15.9 Å². The molecule has 0 aliphatic rings. The number of hydrogen-bond acceptors (Lipinski definition) is 3. The molecule has 0 saturated heterocycles. The largest absolute Gasteiger partial charge is 0.493 e. The number of benzene rings is 1. The second-order valence-corrected chi connectivity index (χ2v) is 6.80. The normalized spacial score (nSPS) is 11.0. The number of carbonyl (C=O) groups excluding carboxylic acids is 1. The Morgan fingerprint density at radius 1 is 1.13 bits per heavy atom. The van der Waals surface area contributed by atoms with Crippen LogP contribution in [0.2, 0.25) is 0 Å². The molecule has 0 atom stereocenters. The van der Waals surface area contributed by atoms with Crippen molar-refractivity contribution in [3.63, 3.8) is 0 Å². The van der Waals surface area contributed by atoms with Gasteiger partial charge in [-0.15, -0.1) is 0 Å². The lowest BCUT2D eigenvalue weighted by molar-refractivity contribution is 0.0643. The first-order valence-corrected chi connectivity index (χ1v) is 9.24. The van der Waals surface area contributed by atoms with Gasteiger partial charge in [0.25, 0.3) is 5.91 Å². The molecule has 0 bridgehead atoms. The summed E-state index contributed by atoms with van der Waals surface area (Å²) >= 11 is 3.40. The fourth-order valence-corrected chi connectivity index (χ4v) is 2.91. The molecule has 0 unspecified atom stereocenters. The van der Waals surface area contributed by atoms with Crippen LogP contribution in [-0.4, -0.2) is 41.9 Å². The highest BCUT2D eigenvalue weighted by molar-refractivity contribution is 9.09. The van der Waals surface area contributed by atoms with Crippen LogP contribution in [0.5, 0.6) is 11.5 Å². The second kappa shape index (κ2) is 9.81. The van der Waals surface area contributed by atoms with Gasteiger partial charge in [0.15, 0.2) is 11.5 Å². The molecular formula is C18H28BrNO3. The van der Waals surface area contributed by atoms with Crippen LogP contribution in [0.25, 0.3) is 0 Å². The van der Waals surface area contributed by atoms with Crippen molar-refractivity contribution in [3.8, 4) is 11.5 Å². The van der Waals surface area contributed by atoms with E-state index in [0.29, 0.717) is 23.7 Å². The number of ether oxygens (including phenoxy) is 2. The van der Waals surface area contributed by atoms with Gasteiger partial charge in [0, 0.05) is 23.0 Å². The van der Waals surface area contributed by atoms with Gasteiger partial charge in [0.05, 0.1) is 13.7 Å². The number of halogens is 1. The van der Waals surface area contributed by atoms with Crippen LogP contribution in [0.4, 0.5) is 0 Å². The lowest BCUT2D eigenvalue weighted by atomic mass is 10.1. The Bertz CT molecular complexity index is 495. The van der Waals surface area contributed by atoms with E-state index in [9.17, 15) is 4.79 Å². The first kappa shape index (κ1) is 19.8. The van der Waals surface area contributed by atoms with E-state index in [1.807, 2.05) is 44.7 Å². The summed E-state index contributed by atoms with van der Waals surface area (Å²) in [5.74, 6) is 1.29. The predicted octanol–water partition coefficient (Wildman–Crippen LogP) is 4.51. The lowest BCUT2D eigenvalue weighted by Crippen LogP contribution is -2.42. The first-order valence-electron chi connectivity index (χ1n) is 8.11. The molecular weight excluding hydrogens is 358 g/mol. The molecule has 0 spiro atoms. The van der Waals surface area contributed by atoms with E-state index < -0.39 is 0 Å². The molecule has 0 heterocycles. The van der Waals surface area contributed by atoms with Crippen LogP contribution in [0.3, 0.4) is 0 Å². The molecule has 130 valence electrons. The minimum atomic E-state index is 0.0131. The summed E-state index contributed by atoms with van der Waals surface area (Å²) in [6.07, 6.45) is 2.04. The van der Waals surface area contributed by atoms with E-state index in [1.54, 1.807) is 13.2 Å². The first-order chi connectivity index (χ1) is 10.9. The fraction of sp³-hybridized carbons (Fsp3) is 0.611. The van der Waals surface area contributed by atoms with Gasteiger partial charge >= 0.3 is 0 Å². The average Bonchev–Trinajstić information content (AvgIpc) is 2.50. The Kier molecular flexibility index (Phi) is 8.45. The molecule has 0 N–H and O–H groups in total. The van der Waals surface area contributed by atoms with Gasteiger partial charge in [-0.1, -0.05) is 15.9 Å². The number of alkyl halides is 1. The van der Waals surface area contributed by atoms with Gasteiger partial charge in [-0.3, -0.25) is 4.79 Å². The minimum absolute atomic E-state index is 0.0131. The van der Waals surface area contributed by atoms with Crippen molar-refractivity contribution in [3.05, 3.63) is 23.8 Å². The Morgan fingerprint density at radius 3 is 2.30 bits per heavy atom. The van der Waals surface area contributed by atoms with Crippen molar-refractivity contribution in [1.82, 2.24) is 4.90 Å². The van der Waals surface area contributed by atoms with E-state index in [0.717, 1.165) is 18.2 Å². The molecule has 0 fully saturated rings. The Balaban J connectivity index is 2.91. The Labute approximate surface area is 148 Å². The van der Waals surface area contributed by atoms with Crippen LogP contribution in [0, 0.1) is 0 Å². The zero-order chi connectivity index (χ0) is 17.4. The molecule has 0 radical (unpaired) electrons. The molecule has 1 aromatic carbocycles. The van der Waals surface area contributed by atoms with E-state index >= 15 is 0 Å². The van der Waals surface area contributed by atoms with Crippen LogP contribution in [0.1, 0.15) is 50.9 Å². The molecule has 1 rings (SSSR count). The maximum Gasteiger partial charge on any atom is 0.254 e. The third kappa shape index (κ3) is 5.72. The molecule has 0 aromatic heterocycles. The van der Waals surface area contributed by atoms with Gasteiger partial charge in [-0.2, -0.15) is 0 Å². The minimum Gasteiger partial charge on any atom is -0.493 e. The molecule has 1 amide bonds. The molecule has 1 aromatic rings. The quantitative estimate of drug-likeness (QED) is 0.463. The Hall–Kier alpha value is -1.23. The number of methoxy groups -OCH3 is 1. The van der Waals surface area contributed by atoms with Crippen LogP contribution < -0.4 is 9.47 Å². The fourth-order valence-electron chi connectivity index (χ4n) is 2.51. The summed E-state index contributed by atoms with van der Waals surface area (Å²) in [6, 6.07) is 5.68. The summed E-state index contributed by atoms with van der Waals surface area (Å²) in [5.41, 5.74) is 0.622. The highest BCUT2D eigenvalue weighted by Crippen LogP contribution is 2.29. The van der Waals surface area contributed by atoms with Crippen LogP contribution >= 0.6 is 15.9 Å². The molecule has 23 heavy (non-hydrogen) atoms. The topological polar surface area (TPSA) is 38.8 Å². The number of hydrogen-bond donors (Lipinski definition) is 0. The van der Waals surface area contributed by atoms with Gasteiger partial charge in [0.1, 0.15) is 0 Å². The van der Waals surface area contributed by atoms with Crippen LogP contribution in [-0.2, 0) is 0 Å². The van der Waals surface area contributed by atoms with Crippen molar-refractivity contribution in [1.29, 1.82) is 0 Å². The summed E-state index contributed by atoms with van der Waals surface area (Å²) in [7, 11) is 1.59. The van der Waals surface area contributed by atoms with Crippen molar-refractivity contribution in [2.24, 2.45) is 0 Å². The smallest absolute Gasteiger partial charge is 0.254 e. The average molecular weight is 386 g/mol. The predicted molar refractivity (Wildman–Crippen MR) is 98.0 cm³/mol. The number of rotatable bonds is 9. The standard InChI is InChI=1S/C18H28BrNO3/c1-13(2)20(14(3)4)18(21)15-8-9-16(17(12-15)22-5)23-11-7-6-10-19/h8-9,12-14H,6-7,10-11H2,1-5H3. The number of unbranched alkanes of at least 4 members (excludes halogenated alkanes) is 1. The van der Waals surface area contributed by atoms with Gasteiger partial charge < -0.3 is 14.4 Å². The lowest BCUT2D eigenvalue weighted by Gasteiger charge is -2.31. The third-order valence-corrected chi connectivity index (χ3v) is 4.10. The summed E-state index contributed by atoms with van der Waals surface area (Å²) in [5, 5.41) is 0.973. The summed E-state index contributed by atoms with van der Waals surface area (Å²) in [4.78, 5) is 14.6. The van der Waals surface area contributed by atoms with E-state index in [1.165, 1.54) is 0 Å². The molecule has 0 aliphatic heterocycles. The van der Waals surface area contributed by atoms with Crippen LogP contribution in [0.15, 0.2) is 18.2 Å². The second-order valence-electron chi connectivity index (χ2n) is 6.01. The number of nitrogens with zero attached hydrogens (tertiary/aromatic N) is 1.